The van der Waals surface area contributed by atoms with E-state index in [1.807, 2.05) is 36.4 Å². The summed E-state index contributed by atoms with van der Waals surface area (Å²) in [6.07, 6.45) is 4.02. The molecule has 0 bridgehead atoms. The molecule has 10 nitrogen and oxygen atoms in total. The van der Waals surface area contributed by atoms with Crippen LogP contribution in [0.3, 0.4) is 0 Å². The maximum atomic E-state index is 10.9. The molecule has 0 saturated carbocycles. The van der Waals surface area contributed by atoms with Gasteiger partial charge in [-0.15, -0.1) is 0 Å². The lowest BCUT2D eigenvalue weighted by Gasteiger charge is -2.14. The van der Waals surface area contributed by atoms with Gasteiger partial charge in [0.1, 0.15) is 12.1 Å². The predicted octanol–water partition coefficient (Wildman–Crippen LogP) is 1.95. The van der Waals surface area contributed by atoms with Crippen LogP contribution in [-0.4, -0.2) is 62.6 Å². The Bertz CT molecular complexity index is 1010. The van der Waals surface area contributed by atoms with Crippen LogP contribution in [0.25, 0.3) is 11.4 Å². The van der Waals surface area contributed by atoms with Crippen molar-refractivity contribution in [1.29, 1.82) is 0 Å². The highest BCUT2D eigenvalue weighted by Gasteiger charge is 2.08. The van der Waals surface area contributed by atoms with Crippen LogP contribution in [0.2, 0.25) is 0 Å². The van der Waals surface area contributed by atoms with Gasteiger partial charge in [-0.25, -0.2) is 15.0 Å². The van der Waals surface area contributed by atoms with Crippen molar-refractivity contribution in [1.82, 2.24) is 24.8 Å². The van der Waals surface area contributed by atoms with E-state index in [1.54, 1.807) is 18.1 Å². The number of carboxylic acids is 1. The van der Waals surface area contributed by atoms with E-state index in [-0.39, 0.29) is 6.54 Å². The number of nitrogens with two attached hydrogens (primary N) is 1. The summed E-state index contributed by atoms with van der Waals surface area (Å²) in [6, 6.07) is 11.4. The quantitative estimate of drug-likeness (QED) is 0.339. The van der Waals surface area contributed by atoms with Crippen LogP contribution >= 0.6 is 0 Å². The first-order chi connectivity index (χ1) is 15.0. The van der Waals surface area contributed by atoms with Crippen molar-refractivity contribution in [2.24, 2.45) is 5.73 Å². The Hall–Kier alpha value is -3.63. The fourth-order valence-corrected chi connectivity index (χ4v) is 2.96. The predicted molar refractivity (Wildman–Crippen MR) is 119 cm³/mol. The van der Waals surface area contributed by atoms with E-state index >= 15 is 0 Å². The molecule has 0 aliphatic heterocycles. The Morgan fingerprint density at radius 2 is 2.06 bits per heavy atom. The maximum Gasteiger partial charge on any atom is 0.317 e. The van der Waals surface area contributed by atoms with Gasteiger partial charge in [-0.05, 0) is 49.8 Å². The largest absolute Gasteiger partial charge is 0.480 e. The number of aromatic nitrogens is 4. The van der Waals surface area contributed by atoms with Crippen LogP contribution < -0.4 is 16.4 Å². The summed E-state index contributed by atoms with van der Waals surface area (Å²) in [6.45, 7) is 1.85. The molecule has 3 aromatic rings. The van der Waals surface area contributed by atoms with Crippen LogP contribution in [0.5, 0.6) is 0 Å². The van der Waals surface area contributed by atoms with Crippen LogP contribution in [0.1, 0.15) is 12.0 Å². The number of carbonyl (C=O) groups is 1. The van der Waals surface area contributed by atoms with E-state index in [2.05, 4.69) is 30.6 Å². The molecule has 0 spiro atoms. The van der Waals surface area contributed by atoms with E-state index in [4.69, 9.17) is 10.8 Å². The van der Waals surface area contributed by atoms with Gasteiger partial charge in [0.2, 0.25) is 5.95 Å². The van der Waals surface area contributed by atoms with Crippen LogP contribution in [-0.2, 0) is 11.3 Å². The summed E-state index contributed by atoms with van der Waals surface area (Å²) in [5.74, 6) is 0.817. The van der Waals surface area contributed by atoms with Crippen molar-refractivity contribution in [2.75, 3.05) is 37.3 Å². The number of pyridine rings is 1. The van der Waals surface area contributed by atoms with Gasteiger partial charge in [0.25, 0.3) is 0 Å². The molecule has 0 radical (unpaired) electrons. The molecular weight excluding hydrogens is 396 g/mol. The fraction of sp³-hybridized carbons (Fsp3) is 0.286. The molecule has 31 heavy (non-hydrogen) atoms. The molecule has 162 valence electrons. The molecule has 0 fully saturated rings. The minimum atomic E-state index is -0.858. The molecule has 0 saturated heterocycles. The number of likely N-dealkylation sites (N-methyl/N-ethyl adjacent to an activating group) is 1. The molecule has 2 aromatic heterocycles. The first kappa shape index (κ1) is 22.1. The SMILES string of the molecule is CN(CC(=O)O)Cc1cccc(Nc2ncnc(-c3ccnc(NCCCN)c3)n2)c1. The van der Waals surface area contributed by atoms with Crippen molar-refractivity contribution in [2.45, 2.75) is 13.0 Å². The lowest BCUT2D eigenvalue weighted by molar-refractivity contribution is -0.138. The minimum Gasteiger partial charge on any atom is -0.480 e. The summed E-state index contributed by atoms with van der Waals surface area (Å²) < 4.78 is 0. The molecule has 3 rings (SSSR count). The van der Waals surface area contributed by atoms with E-state index < -0.39 is 5.97 Å². The Morgan fingerprint density at radius 3 is 2.87 bits per heavy atom. The van der Waals surface area contributed by atoms with Gasteiger partial charge >= 0.3 is 5.97 Å². The highest BCUT2D eigenvalue weighted by atomic mass is 16.4. The van der Waals surface area contributed by atoms with Gasteiger partial charge in [0.05, 0.1) is 6.54 Å². The molecule has 10 heteroatoms. The van der Waals surface area contributed by atoms with Crippen LogP contribution in [0.15, 0.2) is 48.9 Å². The highest BCUT2D eigenvalue weighted by Crippen LogP contribution is 2.20. The monoisotopic (exact) mass is 422 g/mol. The maximum absolute atomic E-state index is 10.9. The van der Waals surface area contributed by atoms with Gasteiger partial charge in [-0.1, -0.05) is 12.1 Å². The second kappa shape index (κ2) is 11.0. The Labute approximate surface area is 180 Å². The summed E-state index contributed by atoms with van der Waals surface area (Å²) in [7, 11) is 1.76. The van der Waals surface area contributed by atoms with Crippen molar-refractivity contribution in [3.63, 3.8) is 0 Å². The first-order valence-corrected chi connectivity index (χ1v) is 9.89. The molecule has 2 heterocycles. The van der Waals surface area contributed by atoms with E-state index in [1.165, 1.54) is 6.33 Å². The molecule has 0 unspecified atom stereocenters. The Balaban J connectivity index is 1.71. The second-order valence-electron chi connectivity index (χ2n) is 7.02. The smallest absolute Gasteiger partial charge is 0.317 e. The number of rotatable bonds is 11. The molecule has 5 N–H and O–H groups in total. The Morgan fingerprint density at radius 1 is 1.19 bits per heavy atom. The van der Waals surface area contributed by atoms with E-state index in [9.17, 15) is 4.79 Å². The topological polar surface area (TPSA) is 142 Å². The van der Waals surface area contributed by atoms with Crippen molar-refractivity contribution < 1.29 is 9.90 Å². The fourth-order valence-electron chi connectivity index (χ4n) is 2.96. The molecule has 0 atom stereocenters. The third-order valence-electron chi connectivity index (χ3n) is 4.32. The zero-order valence-corrected chi connectivity index (χ0v) is 17.3. The molecule has 1 aromatic carbocycles. The van der Waals surface area contributed by atoms with Crippen molar-refractivity contribution in [3.05, 3.63) is 54.5 Å². The number of hydrogen-bond acceptors (Lipinski definition) is 9. The molecule has 0 aliphatic rings. The summed E-state index contributed by atoms with van der Waals surface area (Å²) >= 11 is 0. The zero-order chi connectivity index (χ0) is 22.1. The van der Waals surface area contributed by atoms with Gasteiger partial charge in [0.15, 0.2) is 5.82 Å². The number of carboxylic acid groups (broad SMARTS) is 1. The average molecular weight is 422 g/mol. The zero-order valence-electron chi connectivity index (χ0n) is 17.3. The summed E-state index contributed by atoms with van der Waals surface area (Å²) in [5, 5.41) is 15.3. The molecule has 0 amide bonds. The lowest BCUT2D eigenvalue weighted by atomic mass is 10.2. The minimum absolute atomic E-state index is 0.0243. The van der Waals surface area contributed by atoms with Crippen LogP contribution in [0.4, 0.5) is 17.5 Å². The number of nitrogens with one attached hydrogen (secondary N) is 2. The van der Waals surface area contributed by atoms with Gasteiger partial charge < -0.3 is 21.5 Å². The number of hydrogen-bond donors (Lipinski definition) is 4. The van der Waals surface area contributed by atoms with Crippen molar-refractivity contribution in [3.8, 4) is 11.4 Å². The lowest BCUT2D eigenvalue weighted by Crippen LogP contribution is -2.25. The number of benzene rings is 1. The first-order valence-electron chi connectivity index (χ1n) is 9.89. The molecule has 0 aliphatic carbocycles. The third kappa shape index (κ3) is 6.98. The third-order valence-corrected chi connectivity index (χ3v) is 4.32. The van der Waals surface area contributed by atoms with Crippen LogP contribution in [0, 0.1) is 0 Å². The summed E-state index contributed by atoms with van der Waals surface area (Å²) in [4.78, 5) is 29.9. The average Bonchev–Trinajstić information content (AvgIpc) is 2.74. The Kier molecular flexibility index (Phi) is 7.79. The van der Waals surface area contributed by atoms with E-state index in [0.29, 0.717) is 24.9 Å². The second-order valence-corrected chi connectivity index (χ2v) is 7.02. The molecular formula is C21H26N8O2. The van der Waals surface area contributed by atoms with Crippen molar-refractivity contribution >= 4 is 23.4 Å². The van der Waals surface area contributed by atoms with Gasteiger partial charge in [0, 0.05) is 30.5 Å². The number of nitrogens with zero attached hydrogens (tertiary/aromatic N) is 5. The van der Waals surface area contributed by atoms with E-state index in [0.717, 1.165) is 35.6 Å². The standard InChI is InChI=1S/C21H26N8O2/c1-29(13-19(30)31)12-15-4-2-5-17(10-15)27-21-26-14-25-20(28-21)16-6-9-24-18(11-16)23-8-3-7-22/h2,4-6,9-11,14H,3,7-8,12-13,22H2,1H3,(H,23,24)(H,30,31)(H,25,26,27,28). The summed E-state index contributed by atoms with van der Waals surface area (Å²) in [5.41, 5.74) is 8.12. The highest BCUT2D eigenvalue weighted by molar-refractivity contribution is 5.69. The normalized spacial score (nSPS) is 10.8. The van der Waals surface area contributed by atoms with Gasteiger partial charge in [-0.3, -0.25) is 9.69 Å². The van der Waals surface area contributed by atoms with Gasteiger partial charge in [-0.2, -0.15) is 4.98 Å². The number of aliphatic carboxylic acids is 1. The number of anilines is 3.